The van der Waals surface area contributed by atoms with Gasteiger partial charge in [-0.1, -0.05) is 29.8 Å². The third kappa shape index (κ3) is 3.73. The minimum absolute atomic E-state index is 0.00553. The number of benzene rings is 2. The highest BCUT2D eigenvalue weighted by Gasteiger charge is 2.64. The number of phenolic OH excluding ortho intramolecular Hbond substituents is 1. The van der Waals surface area contributed by atoms with Crippen LogP contribution in [0.4, 0.5) is 0 Å². The average Bonchev–Trinajstić information content (AvgIpc) is 2.90. The maximum Gasteiger partial charge on any atom is 0.338 e. The van der Waals surface area contributed by atoms with Crippen LogP contribution in [0.3, 0.4) is 0 Å². The van der Waals surface area contributed by atoms with Crippen LogP contribution in [0, 0.1) is 11.8 Å². The molecule has 12 heteroatoms. The molecule has 40 heavy (non-hydrogen) atoms. The molecule has 3 aliphatic rings. The van der Waals surface area contributed by atoms with Crippen LogP contribution in [0.2, 0.25) is 5.02 Å². The molecule has 0 radical (unpaired) electrons. The monoisotopic (exact) mass is 568 g/mol. The number of fused-ring (bicyclic) bond motifs is 3. The number of nitrogens with two attached hydrogens (primary N) is 1. The van der Waals surface area contributed by atoms with Gasteiger partial charge in [0, 0.05) is 28.0 Å². The molecule has 5 rings (SSSR count). The smallest absolute Gasteiger partial charge is 0.338 e. The number of carbonyl (C=O) groups is 4. The molecule has 0 unspecified atom stereocenters. The Kier molecular flexibility index (Phi) is 6.48. The number of primary amides is 1. The maximum absolute atomic E-state index is 13.8. The number of phenols is 1. The van der Waals surface area contributed by atoms with Crippen molar-refractivity contribution in [2.75, 3.05) is 14.1 Å². The zero-order valence-electron chi connectivity index (χ0n) is 21.3. The lowest BCUT2D eigenvalue weighted by molar-refractivity contribution is -0.149. The van der Waals surface area contributed by atoms with E-state index in [2.05, 4.69) is 0 Å². The lowest BCUT2D eigenvalue weighted by Crippen LogP contribution is -2.64. The molecule has 0 saturated carbocycles. The molecule has 0 aliphatic heterocycles. The number of rotatable bonds is 4. The molecule has 3 aliphatic carbocycles. The van der Waals surface area contributed by atoms with E-state index in [4.69, 9.17) is 22.1 Å². The molecule has 0 bridgehead atoms. The molecular weight excluding hydrogens is 544 g/mol. The fraction of sp³-hybridized carbons (Fsp3) is 0.286. The van der Waals surface area contributed by atoms with Crippen LogP contribution in [0.15, 0.2) is 65.1 Å². The topological polar surface area (TPSA) is 188 Å². The Labute approximate surface area is 232 Å². The number of Topliss-reactive ketones (excluding diaryl/α,β-unsaturated/α-hetero) is 2. The number of aliphatic hydroxyl groups excluding tert-OH is 2. The van der Waals surface area contributed by atoms with Crippen LogP contribution in [-0.4, -0.2) is 74.5 Å². The van der Waals surface area contributed by atoms with Crippen molar-refractivity contribution in [3.63, 3.8) is 0 Å². The Hall–Kier alpha value is -4.19. The van der Waals surface area contributed by atoms with Gasteiger partial charge in [-0.3, -0.25) is 19.3 Å². The standard InChI is InChI=1S/C28H25ClN2O9/c1-31(2)20-13-10-12-16(24(35)28(13,39)25(36)19(22(20)34)26(30)37)21(33)18-15(32)9-8-14(29)17(18)23(12)40-27(38)11-6-4-3-5-7-11/h3-9,12-13,20,23,32,34-35,39H,10H2,1-2H3,(H2,30,37)/t12-,13-,20+,23+,28-/m1/s1. The summed E-state index contributed by atoms with van der Waals surface area (Å²) in [7, 11) is 3.02. The molecule has 5 atom stereocenters. The fourth-order valence-corrected chi connectivity index (χ4v) is 6.39. The van der Waals surface area contributed by atoms with E-state index in [1.165, 1.54) is 37.2 Å². The van der Waals surface area contributed by atoms with E-state index in [-0.39, 0.29) is 28.1 Å². The van der Waals surface area contributed by atoms with Crippen molar-refractivity contribution in [2.45, 2.75) is 24.2 Å². The Morgan fingerprint density at radius 3 is 2.33 bits per heavy atom. The molecule has 0 saturated heterocycles. The largest absolute Gasteiger partial charge is 0.510 e. The zero-order valence-corrected chi connectivity index (χ0v) is 22.0. The van der Waals surface area contributed by atoms with E-state index in [1.54, 1.807) is 18.2 Å². The Bertz CT molecular complexity index is 1550. The average molecular weight is 569 g/mol. The SMILES string of the molecule is CN(C)[C@@H]1C(O)=C(C(N)=O)C(=O)[C@]2(O)C(O)=C3C(=O)c4c(O)ccc(Cl)c4[C@@H](OC(=O)c4ccccc4)[C@@H]3C[C@H]12. The Morgan fingerprint density at radius 1 is 1.07 bits per heavy atom. The number of ketones is 2. The first-order valence-electron chi connectivity index (χ1n) is 12.2. The lowest BCUT2D eigenvalue weighted by atomic mass is 9.58. The molecule has 11 nitrogen and oxygen atoms in total. The summed E-state index contributed by atoms with van der Waals surface area (Å²) in [6.07, 6.45) is -1.65. The minimum Gasteiger partial charge on any atom is -0.510 e. The van der Waals surface area contributed by atoms with Crippen molar-refractivity contribution in [2.24, 2.45) is 17.6 Å². The minimum atomic E-state index is -2.84. The second-order valence-electron chi connectivity index (χ2n) is 10.2. The number of hydrogen-bond acceptors (Lipinski definition) is 10. The number of ether oxygens (including phenoxy) is 1. The van der Waals surface area contributed by atoms with Crippen molar-refractivity contribution in [1.82, 2.24) is 4.90 Å². The number of halogens is 1. The van der Waals surface area contributed by atoms with Crippen LogP contribution in [-0.2, 0) is 14.3 Å². The van der Waals surface area contributed by atoms with Crippen molar-refractivity contribution in [1.29, 1.82) is 0 Å². The second kappa shape index (κ2) is 9.47. The molecule has 1 amide bonds. The summed E-state index contributed by atoms with van der Waals surface area (Å²) in [5.41, 5.74) is 0.888. The number of aliphatic hydroxyl groups is 3. The van der Waals surface area contributed by atoms with Crippen LogP contribution >= 0.6 is 11.6 Å². The van der Waals surface area contributed by atoms with Gasteiger partial charge in [0.1, 0.15) is 28.9 Å². The summed E-state index contributed by atoms with van der Waals surface area (Å²) in [5.74, 6) is -9.29. The number of aromatic hydroxyl groups is 1. The summed E-state index contributed by atoms with van der Waals surface area (Å²) in [5, 5.41) is 44.8. The van der Waals surface area contributed by atoms with E-state index < -0.39 is 81.4 Å². The lowest BCUT2D eigenvalue weighted by Gasteiger charge is -2.51. The first-order chi connectivity index (χ1) is 18.8. The molecule has 0 heterocycles. The van der Waals surface area contributed by atoms with E-state index in [0.29, 0.717) is 0 Å². The molecule has 6 N–H and O–H groups in total. The van der Waals surface area contributed by atoms with E-state index in [0.717, 1.165) is 6.07 Å². The second-order valence-corrected chi connectivity index (χ2v) is 10.6. The number of esters is 1. The van der Waals surface area contributed by atoms with Crippen LogP contribution in [0.5, 0.6) is 5.75 Å². The molecule has 0 aromatic heterocycles. The number of carbonyl (C=O) groups excluding carboxylic acids is 4. The van der Waals surface area contributed by atoms with Gasteiger partial charge in [-0.25, -0.2) is 4.79 Å². The molecule has 0 fully saturated rings. The molecule has 208 valence electrons. The predicted molar refractivity (Wildman–Crippen MR) is 140 cm³/mol. The van der Waals surface area contributed by atoms with E-state index in [9.17, 15) is 39.6 Å². The number of nitrogens with zero attached hydrogens (tertiary/aromatic N) is 1. The highest BCUT2D eigenvalue weighted by atomic mass is 35.5. The summed E-state index contributed by atoms with van der Waals surface area (Å²) >= 11 is 6.47. The molecule has 2 aromatic rings. The summed E-state index contributed by atoms with van der Waals surface area (Å²) in [4.78, 5) is 54.0. The first-order valence-corrected chi connectivity index (χ1v) is 12.6. The third-order valence-corrected chi connectivity index (χ3v) is 8.19. The maximum atomic E-state index is 13.8. The van der Waals surface area contributed by atoms with Gasteiger partial charge in [0.2, 0.25) is 5.78 Å². The van der Waals surface area contributed by atoms with Gasteiger partial charge in [0.15, 0.2) is 11.4 Å². The Morgan fingerprint density at radius 2 is 1.73 bits per heavy atom. The van der Waals surface area contributed by atoms with Gasteiger partial charge in [-0.2, -0.15) is 0 Å². The van der Waals surface area contributed by atoms with E-state index >= 15 is 0 Å². The van der Waals surface area contributed by atoms with Gasteiger partial charge in [-0.05, 0) is 44.8 Å². The van der Waals surface area contributed by atoms with Gasteiger partial charge in [0.25, 0.3) is 5.91 Å². The molecular formula is C28H25ClN2O9. The first kappa shape index (κ1) is 27.4. The Balaban J connectivity index is 1.76. The van der Waals surface area contributed by atoms with Gasteiger partial charge in [-0.15, -0.1) is 0 Å². The zero-order chi connectivity index (χ0) is 29.3. The highest BCUT2D eigenvalue weighted by molar-refractivity contribution is 6.33. The van der Waals surface area contributed by atoms with Crippen molar-refractivity contribution >= 4 is 35.0 Å². The number of amides is 1. The number of likely N-dealkylation sites (N-methyl/N-ethyl adjacent to an activating group) is 1. The third-order valence-electron chi connectivity index (χ3n) is 7.86. The summed E-state index contributed by atoms with van der Waals surface area (Å²) in [6.45, 7) is 0. The van der Waals surface area contributed by atoms with Crippen molar-refractivity contribution < 1.29 is 44.3 Å². The quantitative estimate of drug-likeness (QED) is 0.270. The van der Waals surface area contributed by atoms with Gasteiger partial charge in [0.05, 0.1) is 17.2 Å². The normalized spacial score (nSPS) is 27.7. The fourth-order valence-electron chi connectivity index (χ4n) is 6.12. The van der Waals surface area contributed by atoms with Crippen LogP contribution in [0.1, 0.15) is 38.8 Å². The van der Waals surface area contributed by atoms with Crippen molar-refractivity contribution in [3.8, 4) is 5.75 Å². The van der Waals surface area contributed by atoms with Crippen LogP contribution in [0.25, 0.3) is 0 Å². The molecule has 2 aromatic carbocycles. The van der Waals surface area contributed by atoms with Gasteiger partial charge < -0.3 is 30.9 Å². The number of hydrogen-bond donors (Lipinski definition) is 5. The van der Waals surface area contributed by atoms with Gasteiger partial charge >= 0.3 is 5.97 Å². The summed E-state index contributed by atoms with van der Waals surface area (Å²) in [6, 6.07) is 9.20. The highest BCUT2D eigenvalue weighted by Crippen LogP contribution is 2.56. The predicted octanol–water partition coefficient (Wildman–Crippen LogP) is 2.13. The molecule has 0 spiro atoms. The van der Waals surface area contributed by atoms with E-state index in [1.807, 2.05) is 0 Å². The summed E-state index contributed by atoms with van der Waals surface area (Å²) < 4.78 is 5.87. The van der Waals surface area contributed by atoms with Crippen molar-refractivity contribution in [3.05, 3.63) is 86.8 Å². The van der Waals surface area contributed by atoms with Crippen LogP contribution < -0.4 is 5.73 Å².